The summed E-state index contributed by atoms with van der Waals surface area (Å²) < 4.78 is 0.747. The molecule has 5 heteroatoms. The van der Waals surface area contributed by atoms with Gasteiger partial charge in [0.2, 0.25) is 5.91 Å². The predicted octanol–water partition coefficient (Wildman–Crippen LogP) is 2.27. The molecule has 0 saturated heterocycles. The van der Waals surface area contributed by atoms with E-state index in [1.807, 2.05) is 28.7 Å². The molecule has 1 rings (SSSR count). The van der Waals surface area contributed by atoms with Crippen LogP contribution in [0.2, 0.25) is 0 Å². The van der Waals surface area contributed by atoms with Gasteiger partial charge in [0.25, 0.3) is 5.56 Å². The van der Waals surface area contributed by atoms with Gasteiger partial charge < -0.3 is 10.3 Å². The lowest BCUT2D eigenvalue weighted by Crippen LogP contribution is -2.31. The molecule has 0 aromatic carbocycles. The Bertz CT molecular complexity index is 472. The van der Waals surface area contributed by atoms with E-state index in [1.165, 1.54) is 0 Å². The molecule has 0 saturated carbocycles. The zero-order chi connectivity index (χ0) is 12.5. The van der Waals surface area contributed by atoms with E-state index in [0.717, 1.165) is 9.26 Å². The molecule has 1 aromatic heterocycles. The Morgan fingerprint density at radius 3 is 2.44 bits per heavy atom. The van der Waals surface area contributed by atoms with E-state index in [-0.39, 0.29) is 11.5 Å². The summed E-state index contributed by atoms with van der Waals surface area (Å²) in [5.41, 5.74) is 0.330. The fourth-order valence-electron chi connectivity index (χ4n) is 1.07. The molecule has 0 bridgehead atoms. The van der Waals surface area contributed by atoms with Gasteiger partial charge in [-0.3, -0.25) is 9.59 Å². The zero-order valence-electron chi connectivity index (χ0n) is 9.77. The third-order valence-electron chi connectivity index (χ3n) is 2.04. The van der Waals surface area contributed by atoms with Crippen molar-refractivity contribution < 1.29 is 4.79 Å². The van der Waals surface area contributed by atoms with Crippen molar-refractivity contribution in [1.82, 2.24) is 4.98 Å². The highest BCUT2D eigenvalue weighted by Gasteiger charge is 2.22. The van der Waals surface area contributed by atoms with Gasteiger partial charge in [0.05, 0.1) is 0 Å². The van der Waals surface area contributed by atoms with Crippen LogP contribution in [0.3, 0.4) is 0 Å². The summed E-state index contributed by atoms with van der Waals surface area (Å²) in [6.07, 6.45) is 0. The van der Waals surface area contributed by atoms with Crippen LogP contribution in [0.25, 0.3) is 0 Å². The molecule has 88 valence electrons. The SMILES string of the molecule is Cc1cc(I)c(NC(=O)C(C)(C)C)c(=O)[nH]1. The second-order valence-electron chi connectivity index (χ2n) is 4.71. The van der Waals surface area contributed by atoms with E-state index in [9.17, 15) is 9.59 Å². The molecule has 4 nitrogen and oxygen atoms in total. The number of hydrogen-bond donors (Lipinski definition) is 2. The highest BCUT2D eigenvalue weighted by Crippen LogP contribution is 2.19. The maximum absolute atomic E-state index is 11.8. The maximum atomic E-state index is 11.8. The topological polar surface area (TPSA) is 62.0 Å². The number of H-pyrrole nitrogens is 1. The largest absolute Gasteiger partial charge is 0.325 e. The minimum atomic E-state index is -0.513. The molecule has 16 heavy (non-hydrogen) atoms. The van der Waals surface area contributed by atoms with Crippen LogP contribution >= 0.6 is 22.6 Å². The summed E-state index contributed by atoms with van der Waals surface area (Å²) in [4.78, 5) is 26.1. The molecule has 0 atom stereocenters. The number of nitrogens with one attached hydrogen (secondary N) is 2. The van der Waals surface area contributed by atoms with Gasteiger partial charge in [-0.1, -0.05) is 20.8 Å². The van der Waals surface area contributed by atoms with E-state index in [4.69, 9.17) is 0 Å². The fourth-order valence-corrected chi connectivity index (χ4v) is 1.91. The first-order chi connectivity index (χ1) is 7.21. The number of halogens is 1. The lowest BCUT2D eigenvalue weighted by molar-refractivity contribution is -0.123. The molecule has 0 aliphatic heterocycles. The molecule has 0 spiro atoms. The summed E-state index contributed by atoms with van der Waals surface area (Å²) in [6, 6.07) is 1.82. The average Bonchev–Trinajstić information content (AvgIpc) is 2.08. The van der Waals surface area contributed by atoms with Crippen LogP contribution < -0.4 is 10.9 Å². The Morgan fingerprint density at radius 1 is 1.44 bits per heavy atom. The molecule has 0 aliphatic rings. The molecule has 0 radical (unpaired) electrons. The number of anilines is 1. The van der Waals surface area contributed by atoms with Crippen LogP contribution in [0.4, 0.5) is 5.69 Å². The second-order valence-corrected chi connectivity index (χ2v) is 5.87. The van der Waals surface area contributed by atoms with Crippen molar-refractivity contribution in [2.24, 2.45) is 5.41 Å². The number of amides is 1. The molecular formula is C11H15IN2O2. The predicted molar refractivity (Wildman–Crippen MR) is 72.6 cm³/mol. The Hall–Kier alpha value is -0.850. The Balaban J connectivity index is 3.08. The van der Waals surface area contributed by atoms with E-state index >= 15 is 0 Å². The highest BCUT2D eigenvalue weighted by molar-refractivity contribution is 14.1. The highest BCUT2D eigenvalue weighted by atomic mass is 127. The number of aryl methyl sites for hydroxylation is 1. The van der Waals surface area contributed by atoms with Crippen LogP contribution in [0.5, 0.6) is 0 Å². The van der Waals surface area contributed by atoms with Gasteiger partial charge in [-0.05, 0) is 35.6 Å². The summed E-state index contributed by atoms with van der Waals surface area (Å²) in [7, 11) is 0. The van der Waals surface area contributed by atoms with Gasteiger partial charge >= 0.3 is 0 Å². The van der Waals surface area contributed by atoms with Crippen molar-refractivity contribution in [2.45, 2.75) is 27.7 Å². The quantitative estimate of drug-likeness (QED) is 0.774. The van der Waals surface area contributed by atoms with Gasteiger partial charge in [-0.25, -0.2) is 0 Å². The third-order valence-corrected chi connectivity index (χ3v) is 2.89. The van der Waals surface area contributed by atoms with Gasteiger partial charge in [-0.2, -0.15) is 0 Å². The minimum Gasteiger partial charge on any atom is -0.325 e. The molecule has 2 N–H and O–H groups in total. The molecule has 0 unspecified atom stereocenters. The van der Waals surface area contributed by atoms with Crippen LogP contribution in [0.1, 0.15) is 26.5 Å². The third kappa shape index (κ3) is 3.07. The normalized spacial score (nSPS) is 11.3. The first-order valence-electron chi connectivity index (χ1n) is 4.92. The Labute approximate surface area is 108 Å². The van der Waals surface area contributed by atoms with Gasteiger partial charge in [-0.15, -0.1) is 0 Å². The van der Waals surface area contributed by atoms with E-state index < -0.39 is 5.41 Å². The second kappa shape index (κ2) is 4.57. The number of aromatic amines is 1. The van der Waals surface area contributed by atoms with Crippen molar-refractivity contribution in [2.75, 3.05) is 5.32 Å². The number of hydrogen-bond acceptors (Lipinski definition) is 2. The zero-order valence-corrected chi connectivity index (χ0v) is 11.9. The molecule has 1 heterocycles. The first-order valence-corrected chi connectivity index (χ1v) is 6.00. The van der Waals surface area contributed by atoms with E-state index in [2.05, 4.69) is 10.3 Å². The number of pyridine rings is 1. The smallest absolute Gasteiger partial charge is 0.273 e. The van der Waals surface area contributed by atoms with Crippen molar-refractivity contribution in [3.8, 4) is 0 Å². The van der Waals surface area contributed by atoms with E-state index in [1.54, 1.807) is 27.7 Å². The van der Waals surface area contributed by atoms with Crippen molar-refractivity contribution in [3.05, 3.63) is 25.7 Å². The Kier molecular flexibility index (Phi) is 3.77. The maximum Gasteiger partial charge on any atom is 0.273 e. The van der Waals surface area contributed by atoms with Crippen LogP contribution in [-0.4, -0.2) is 10.9 Å². The summed E-state index contributed by atoms with van der Waals surface area (Å²) in [6.45, 7) is 7.21. The van der Waals surface area contributed by atoms with Crippen molar-refractivity contribution in [3.63, 3.8) is 0 Å². The number of rotatable bonds is 1. The lowest BCUT2D eigenvalue weighted by Gasteiger charge is -2.17. The van der Waals surface area contributed by atoms with E-state index in [0.29, 0.717) is 5.69 Å². The molecule has 1 amide bonds. The van der Waals surface area contributed by atoms with Crippen LogP contribution in [-0.2, 0) is 4.79 Å². The lowest BCUT2D eigenvalue weighted by atomic mass is 9.95. The fraction of sp³-hybridized carbons (Fsp3) is 0.455. The Morgan fingerprint density at radius 2 is 2.00 bits per heavy atom. The monoisotopic (exact) mass is 334 g/mol. The number of aromatic nitrogens is 1. The standard InChI is InChI=1S/C11H15IN2O2/c1-6-5-7(12)8(9(15)13-6)14-10(16)11(2,3)4/h5H,1-4H3,(H,13,15)(H,14,16). The van der Waals surface area contributed by atoms with Crippen LogP contribution in [0.15, 0.2) is 10.9 Å². The molecule has 0 aliphatic carbocycles. The molecule has 0 fully saturated rings. The molecular weight excluding hydrogens is 319 g/mol. The number of carbonyl (C=O) groups is 1. The van der Waals surface area contributed by atoms with Gasteiger partial charge in [0.1, 0.15) is 5.69 Å². The average molecular weight is 334 g/mol. The number of carbonyl (C=O) groups excluding carboxylic acids is 1. The van der Waals surface area contributed by atoms with Crippen LogP contribution in [0, 0.1) is 15.9 Å². The summed E-state index contributed by atoms with van der Waals surface area (Å²) >= 11 is 2.04. The summed E-state index contributed by atoms with van der Waals surface area (Å²) in [5, 5.41) is 2.66. The van der Waals surface area contributed by atoms with Gasteiger partial charge in [0, 0.05) is 14.7 Å². The van der Waals surface area contributed by atoms with Gasteiger partial charge in [0.15, 0.2) is 0 Å². The van der Waals surface area contributed by atoms with Crippen molar-refractivity contribution in [1.29, 1.82) is 0 Å². The summed E-state index contributed by atoms with van der Waals surface area (Å²) in [5.74, 6) is -0.167. The minimum absolute atomic E-state index is 0.167. The first kappa shape index (κ1) is 13.2. The molecule has 1 aromatic rings. The van der Waals surface area contributed by atoms with Crippen molar-refractivity contribution >= 4 is 34.2 Å².